The van der Waals surface area contributed by atoms with Crippen LogP contribution in [-0.4, -0.2) is 26.9 Å². The summed E-state index contributed by atoms with van der Waals surface area (Å²) in [7, 11) is -2.47. The number of methoxy groups -OCH3 is 1. The molecule has 132 valence electrons. The number of hydrogen-bond donors (Lipinski definition) is 2. The average Bonchev–Trinajstić information content (AvgIpc) is 2.57. The highest BCUT2D eigenvalue weighted by atomic mass is 79.9. The van der Waals surface area contributed by atoms with E-state index in [4.69, 9.17) is 14.7 Å². The SMILES string of the molecule is COc1ccc(S(=O)(=O)Oc2ccc(/C=N/NC(N)=S)cc2Br)cc1. The third-order valence-electron chi connectivity index (χ3n) is 2.89. The van der Waals surface area contributed by atoms with Crippen molar-refractivity contribution >= 4 is 49.6 Å². The molecule has 0 aliphatic carbocycles. The van der Waals surface area contributed by atoms with Crippen molar-refractivity contribution in [1.29, 1.82) is 0 Å². The molecule has 0 bridgehead atoms. The van der Waals surface area contributed by atoms with Gasteiger partial charge in [-0.1, -0.05) is 0 Å². The second-order valence-corrected chi connectivity index (χ2v) is 7.48. The van der Waals surface area contributed by atoms with Gasteiger partial charge in [0.15, 0.2) is 10.9 Å². The molecule has 0 unspecified atom stereocenters. The van der Waals surface area contributed by atoms with Gasteiger partial charge in [0.05, 0.1) is 17.8 Å². The third-order valence-corrected chi connectivity index (χ3v) is 4.85. The van der Waals surface area contributed by atoms with Gasteiger partial charge in [0.1, 0.15) is 10.6 Å². The van der Waals surface area contributed by atoms with Gasteiger partial charge < -0.3 is 14.7 Å². The normalized spacial score (nSPS) is 11.3. The first kappa shape index (κ1) is 19.2. The quantitative estimate of drug-likeness (QED) is 0.305. The smallest absolute Gasteiger partial charge is 0.339 e. The highest BCUT2D eigenvalue weighted by molar-refractivity contribution is 9.10. The molecule has 0 aliphatic heterocycles. The fourth-order valence-electron chi connectivity index (χ4n) is 1.74. The highest BCUT2D eigenvalue weighted by Gasteiger charge is 2.18. The Hall–Kier alpha value is -2.17. The van der Waals surface area contributed by atoms with Crippen LogP contribution in [0.3, 0.4) is 0 Å². The molecule has 3 N–H and O–H groups in total. The van der Waals surface area contributed by atoms with E-state index in [1.165, 1.54) is 31.5 Å². The summed E-state index contributed by atoms with van der Waals surface area (Å²) in [6.45, 7) is 0. The Bertz CT molecular complexity index is 899. The summed E-state index contributed by atoms with van der Waals surface area (Å²) < 4.78 is 35.3. The van der Waals surface area contributed by atoms with Gasteiger partial charge in [-0.15, -0.1) is 0 Å². The molecule has 0 aromatic heterocycles. The van der Waals surface area contributed by atoms with E-state index in [-0.39, 0.29) is 15.8 Å². The van der Waals surface area contributed by atoms with E-state index in [1.54, 1.807) is 24.3 Å². The lowest BCUT2D eigenvalue weighted by Gasteiger charge is -2.09. The Balaban J connectivity index is 2.18. The molecule has 0 aliphatic rings. The number of rotatable bonds is 6. The van der Waals surface area contributed by atoms with Crippen molar-refractivity contribution in [3.05, 3.63) is 52.5 Å². The Morgan fingerprint density at radius 2 is 1.96 bits per heavy atom. The van der Waals surface area contributed by atoms with E-state index < -0.39 is 10.1 Å². The van der Waals surface area contributed by atoms with Crippen LogP contribution in [0.5, 0.6) is 11.5 Å². The fourth-order valence-corrected chi connectivity index (χ4v) is 3.33. The topological polar surface area (TPSA) is 103 Å². The van der Waals surface area contributed by atoms with Crippen molar-refractivity contribution in [3.8, 4) is 11.5 Å². The van der Waals surface area contributed by atoms with E-state index in [0.29, 0.717) is 15.8 Å². The van der Waals surface area contributed by atoms with Crippen LogP contribution >= 0.6 is 28.1 Å². The summed E-state index contributed by atoms with van der Waals surface area (Å²) in [5.74, 6) is 0.699. The number of hydrogen-bond acceptors (Lipinski definition) is 6. The number of benzene rings is 2. The molecule has 0 heterocycles. The third kappa shape index (κ3) is 5.41. The van der Waals surface area contributed by atoms with Crippen LogP contribution < -0.4 is 20.1 Å². The lowest BCUT2D eigenvalue weighted by molar-refractivity contribution is 0.414. The summed E-state index contributed by atoms with van der Waals surface area (Å²) in [6.07, 6.45) is 1.48. The first-order valence-electron chi connectivity index (χ1n) is 6.78. The molecule has 0 fully saturated rings. The zero-order valence-electron chi connectivity index (χ0n) is 13.0. The van der Waals surface area contributed by atoms with Crippen molar-refractivity contribution < 1.29 is 17.3 Å². The van der Waals surface area contributed by atoms with Crippen LogP contribution in [0.25, 0.3) is 0 Å². The molecule has 2 aromatic rings. The minimum atomic E-state index is -3.97. The van der Waals surface area contributed by atoms with Crippen molar-refractivity contribution in [1.82, 2.24) is 5.43 Å². The van der Waals surface area contributed by atoms with E-state index in [0.717, 1.165) is 0 Å². The number of ether oxygens (including phenoxy) is 1. The van der Waals surface area contributed by atoms with Crippen molar-refractivity contribution in [2.45, 2.75) is 4.90 Å². The molecule has 7 nitrogen and oxygen atoms in total. The Labute approximate surface area is 159 Å². The Morgan fingerprint density at radius 1 is 1.28 bits per heavy atom. The molecule has 0 atom stereocenters. The van der Waals surface area contributed by atoms with Crippen molar-refractivity contribution in [3.63, 3.8) is 0 Å². The van der Waals surface area contributed by atoms with Gasteiger partial charge in [-0.25, -0.2) is 0 Å². The average molecular weight is 444 g/mol. The number of nitrogens with two attached hydrogens (primary N) is 1. The molecule has 2 rings (SSSR count). The maximum absolute atomic E-state index is 12.3. The monoisotopic (exact) mass is 443 g/mol. The lowest BCUT2D eigenvalue weighted by Crippen LogP contribution is -2.23. The second-order valence-electron chi connectivity index (χ2n) is 4.64. The molecule has 0 spiro atoms. The summed E-state index contributed by atoms with van der Waals surface area (Å²) in [5, 5.41) is 3.86. The summed E-state index contributed by atoms with van der Waals surface area (Å²) in [6, 6.07) is 10.7. The van der Waals surface area contributed by atoms with Gasteiger partial charge in [-0.3, -0.25) is 5.43 Å². The van der Waals surface area contributed by atoms with Gasteiger partial charge in [0.25, 0.3) is 0 Å². The van der Waals surface area contributed by atoms with Gasteiger partial charge in [0, 0.05) is 0 Å². The summed E-state index contributed by atoms with van der Waals surface area (Å²) in [5.41, 5.74) is 8.36. The molecule has 0 saturated carbocycles. The Kier molecular flexibility index (Phi) is 6.34. The van der Waals surface area contributed by atoms with Crippen molar-refractivity contribution in [2.75, 3.05) is 7.11 Å². The number of halogens is 1. The summed E-state index contributed by atoms with van der Waals surface area (Å²) >= 11 is 7.90. The minimum Gasteiger partial charge on any atom is -0.497 e. The minimum absolute atomic E-state index is 0.0199. The first-order valence-corrected chi connectivity index (χ1v) is 9.39. The number of nitrogens with one attached hydrogen (secondary N) is 1. The molecule has 0 radical (unpaired) electrons. The number of nitrogens with zero attached hydrogens (tertiary/aromatic N) is 1. The maximum atomic E-state index is 12.3. The second kappa shape index (κ2) is 8.28. The number of thiocarbonyl (C=S) groups is 1. The van der Waals surface area contributed by atoms with E-state index in [1.807, 2.05) is 0 Å². The van der Waals surface area contributed by atoms with Gasteiger partial charge >= 0.3 is 10.1 Å². The molecule has 0 saturated heterocycles. The van der Waals surface area contributed by atoms with Crippen LogP contribution in [0.1, 0.15) is 5.56 Å². The molecule has 10 heteroatoms. The molecular weight excluding hydrogens is 430 g/mol. The zero-order valence-corrected chi connectivity index (χ0v) is 16.2. The van der Waals surface area contributed by atoms with Crippen LogP contribution in [0.15, 0.2) is 56.9 Å². The maximum Gasteiger partial charge on any atom is 0.339 e. The van der Waals surface area contributed by atoms with Crippen LogP contribution in [0, 0.1) is 0 Å². The van der Waals surface area contributed by atoms with E-state index >= 15 is 0 Å². The van der Waals surface area contributed by atoms with Gasteiger partial charge in [-0.05, 0) is 76.2 Å². The Morgan fingerprint density at radius 3 is 2.52 bits per heavy atom. The largest absolute Gasteiger partial charge is 0.497 e. The highest BCUT2D eigenvalue weighted by Crippen LogP contribution is 2.29. The van der Waals surface area contributed by atoms with E-state index in [9.17, 15) is 8.42 Å². The van der Waals surface area contributed by atoms with Crippen LogP contribution in [0.2, 0.25) is 0 Å². The zero-order chi connectivity index (χ0) is 18.4. The van der Waals surface area contributed by atoms with E-state index in [2.05, 4.69) is 38.7 Å². The number of hydrazone groups is 1. The fraction of sp³-hybridized carbons (Fsp3) is 0.0667. The molecular formula is C15H14BrN3O4S2. The van der Waals surface area contributed by atoms with Gasteiger partial charge in [0.2, 0.25) is 0 Å². The standard InChI is InChI=1S/C15H14BrN3O4S2/c1-22-11-3-5-12(6-4-11)25(20,21)23-14-7-2-10(8-13(14)16)9-18-19-15(17)24/h2-9H,1H3,(H3,17,19,24)/b18-9+. The van der Waals surface area contributed by atoms with Crippen molar-refractivity contribution in [2.24, 2.45) is 10.8 Å². The van der Waals surface area contributed by atoms with Crippen LogP contribution in [0.4, 0.5) is 0 Å². The predicted molar refractivity (Wildman–Crippen MR) is 102 cm³/mol. The lowest BCUT2D eigenvalue weighted by atomic mass is 10.2. The first-order chi connectivity index (χ1) is 11.8. The summed E-state index contributed by atoms with van der Waals surface area (Å²) in [4.78, 5) is 0.0199. The predicted octanol–water partition coefficient (Wildman–Crippen LogP) is 2.39. The van der Waals surface area contributed by atoms with Gasteiger partial charge in [-0.2, -0.15) is 13.5 Å². The molecule has 25 heavy (non-hydrogen) atoms. The molecule has 0 amide bonds. The molecule has 2 aromatic carbocycles. The van der Waals surface area contributed by atoms with Crippen LogP contribution in [-0.2, 0) is 10.1 Å².